The van der Waals surface area contributed by atoms with Crippen LogP contribution < -0.4 is 10.2 Å². The summed E-state index contributed by atoms with van der Waals surface area (Å²) in [5, 5.41) is 25.4. The zero-order valence-electron chi connectivity index (χ0n) is 13.7. The Labute approximate surface area is 143 Å². The molecular weight excluding hydrogens is 326 g/mol. The highest BCUT2D eigenvalue weighted by Gasteiger charge is 2.27. The number of hydrogen-bond acceptors (Lipinski definition) is 7. The highest BCUT2D eigenvalue weighted by molar-refractivity contribution is 7.19. The van der Waals surface area contributed by atoms with Crippen molar-refractivity contribution in [1.29, 1.82) is 0 Å². The highest BCUT2D eigenvalue weighted by Crippen LogP contribution is 2.36. The zero-order valence-corrected chi connectivity index (χ0v) is 14.6. The lowest BCUT2D eigenvalue weighted by Gasteiger charge is -2.23. The SMILES string of the molecule is CCC[NH+]1CCc2c(sc3c2c(NCCCO)nc2nnnn23)C1. The van der Waals surface area contributed by atoms with Crippen LogP contribution in [0.15, 0.2) is 0 Å². The van der Waals surface area contributed by atoms with Gasteiger partial charge >= 0.3 is 0 Å². The van der Waals surface area contributed by atoms with Crippen molar-refractivity contribution in [3.05, 3.63) is 10.4 Å². The minimum absolute atomic E-state index is 0.169. The van der Waals surface area contributed by atoms with E-state index >= 15 is 0 Å². The molecule has 1 aliphatic rings. The summed E-state index contributed by atoms with van der Waals surface area (Å²) < 4.78 is 1.75. The topological polar surface area (TPSA) is 92.7 Å². The van der Waals surface area contributed by atoms with Gasteiger partial charge in [-0.3, -0.25) is 0 Å². The summed E-state index contributed by atoms with van der Waals surface area (Å²) in [5.74, 6) is 1.36. The quantitative estimate of drug-likeness (QED) is 0.538. The third-order valence-corrected chi connectivity index (χ3v) is 5.74. The third kappa shape index (κ3) is 2.62. The number of nitrogens with one attached hydrogen (secondary N) is 2. The number of hydrogen-bond donors (Lipinski definition) is 3. The maximum atomic E-state index is 9.03. The van der Waals surface area contributed by atoms with Gasteiger partial charge in [0.05, 0.1) is 23.4 Å². The number of rotatable bonds is 6. The monoisotopic (exact) mass is 348 g/mol. The molecule has 0 spiro atoms. The first kappa shape index (κ1) is 15.7. The van der Waals surface area contributed by atoms with Crippen LogP contribution in [0.25, 0.3) is 16.0 Å². The molecule has 9 heteroatoms. The van der Waals surface area contributed by atoms with E-state index in [1.54, 1.807) is 20.8 Å². The molecule has 0 bridgehead atoms. The largest absolute Gasteiger partial charge is 0.396 e. The van der Waals surface area contributed by atoms with Gasteiger partial charge in [0.15, 0.2) is 0 Å². The van der Waals surface area contributed by atoms with E-state index in [-0.39, 0.29) is 6.61 Å². The number of nitrogens with zero attached hydrogens (tertiary/aromatic N) is 5. The number of aliphatic hydroxyl groups is 1. The molecular formula is C15H22N7OS+. The number of aromatic nitrogens is 5. The lowest BCUT2D eigenvalue weighted by Crippen LogP contribution is -3.11. The number of thiophene rings is 1. The van der Waals surface area contributed by atoms with Crippen molar-refractivity contribution in [2.75, 3.05) is 31.6 Å². The number of tetrazole rings is 1. The molecule has 0 saturated carbocycles. The number of quaternary nitrogens is 1. The van der Waals surface area contributed by atoms with E-state index in [4.69, 9.17) is 5.11 Å². The molecule has 1 atom stereocenters. The van der Waals surface area contributed by atoms with Crippen LogP contribution in [0.4, 0.5) is 5.82 Å². The van der Waals surface area contributed by atoms with Crippen LogP contribution in [-0.4, -0.2) is 56.4 Å². The van der Waals surface area contributed by atoms with Gasteiger partial charge in [0, 0.05) is 19.6 Å². The van der Waals surface area contributed by atoms with Gasteiger partial charge < -0.3 is 15.3 Å². The summed E-state index contributed by atoms with van der Waals surface area (Å²) in [4.78, 5) is 8.74. The Morgan fingerprint density at radius 3 is 3.17 bits per heavy atom. The molecule has 1 unspecified atom stereocenters. The summed E-state index contributed by atoms with van der Waals surface area (Å²) in [6.07, 6.45) is 2.97. The van der Waals surface area contributed by atoms with Crippen molar-refractivity contribution >= 4 is 33.1 Å². The third-order valence-electron chi connectivity index (χ3n) is 4.54. The standard InChI is InChI=1S/C15H21N7OS/c1-2-6-21-7-4-10-11(9-21)24-14-12(10)13(16-5-3-8-23)17-15-18-19-20-22(14)15/h23H,2-9H2,1H3,(H,16,17,18,20)/p+1. The van der Waals surface area contributed by atoms with Crippen molar-refractivity contribution in [3.63, 3.8) is 0 Å². The number of anilines is 1. The maximum Gasteiger partial charge on any atom is 0.276 e. The van der Waals surface area contributed by atoms with Gasteiger partial charge in [-0.2, -0.15) is 9.50 Å². The van der Waals surface area contributed by atoms with E-state index in [1.165, 1.54) is 23.4 Å². The van der Waals surface area contributed by atoms with Crippen LogP contribution >= 0.6 is 11.3 Å². The van der Waals surface area contributed by atoms with Crippen LogP contribution in [0.3, 0.4) is 0 Å². The van der Waals surface area contributed by atoms with Gasteiger partial charge in [0.1, 0.15) is 17.2 Å². The molecule has 128 valence electrons. The molecule has 0 aliphatic carbocycles. The van der Waals surface area contributed by atoms with Crippen molar-refractivity contribution in [2.45, 2.75) is 32.7 Å². The van der Waals surface area contributed by atoms with Gasteiger partial charge in [0.25, 0.3) is 5.78 Å². The van der Waals surface area contributed by atoms with E-state index in [9.17, 15) is 0 Å². The smallest absolute Gasteiger partial charge is 0.276 e. The van der Waals surface area contributed by atoms with Gasteiger partial charge in [-0.15, -0.1) is 11.3 Å². The van der Waals surface area contributed by atoms with Gasteiger partial charge in [0.2, 0.25) is 0 Å². The Hall–Kier alpha value is -1.84. The second kappa shape index (κ2) is 6.58. The molecule has 8 nitrogen and oxygen atoms in total. The predicted octanol–water partition coefficient (Wildman–Crippen LogP) is -0.121. The molecule has 4 rings (SSSR count). The van der Waals surface area contributed by atoms with Crippen molar-refractivity contribution in [1.82, 2.24) is 25.0 Å². The predicted molar refractivity (Wildman–Crippen MR) is 92.5 cm³/mol. The first-order valence-corrected chi connectivity index (χ1v) is 9.34. The molecule has 4 heterocycles. The first-order chi connectivity index (χ1) is 11.8. The molecule has 3 aromatic heterocycles. The minimum Gasteiger partial charge on any atom is -0.396 e. The summed E-state index contributed by atoms with van der Waals surface area (Å²) in [5.41, 5.74) is 1.39. The molecule has 3 N–H and O–H groups in total. The van der Waals surface area contributed by atoms with E-state index in [0.29, 0.717) is 18.7 Å². The second-order valence-corrected chi connectivity index (χ2v) is 7.30. The molecule has 24 heavy (non-hydrogen) atoms. The fourth-order valence-corrected chi connectivity index (χ4v) is 4.80. The van der Waals surface area contributed by atoms with E-state index < -0.39 is 0 Å². The summed E-state index contributed by atoms with van der Waals surface area (Å²) >= 11 is 1.79. The van der Waals surface area contributed by atoms with E-state index in [0.717, 1.165) is 35.5 Å². The highest BCUT2D eigenvalue weighted by atomic mass is 32.1. The Balaban J connectivity index is 1.82. The van der Waals surface area contributed by atoms with Gasteiger partial charge in [-0.1, -0.05) is 12.0 Å². The van der Waals surface area contributed by atoms with Crippen LogP contribution in [0.1, 0.15) is 30.2 Å². The Morgan fingerprint density at radius 2 is 2.33 bits per heavy atom. The molecule has 0 fully saturated rings. The second-order valence-electron chi connectivity index (χ2n) is 6.22. The van der Waals surface area contributed by atoms with Crippen LogP contribution in [0.5, 0.6) is 0 Å². The molecule has 0 saturated heterocycles. The lowest BCUT2D eigenvalue weighted by atomic mass is 10.0. The fraction of sp³-hybridized carbons (Fsp3) is 0.600. The molecule has 0 radical (unpaired) electrons. The zero-order chi connectivity index (χ0) is 16.5. The van der Waals surface area contributed by atoms with E-state index in [2.05, 4.69) is 32.7 Å². The summed E-state index contributed by atoms with van der Waals surface area (Å²) in [7, 11) is 0. The Bertz CT molecular complexity index is 858. The normalized spacial score (nSPS) is 17.5. The van der Waals surface area contributed by atoms with Crippen LogP contribution in [-0.2, 0) is 13.0 Å². The van der Waals surface area contributed by atoms with Crippen molar-refractivity contribution in [2.24, 2.45) is 0 Å². The van der Waals surface area contributed by atoms with Crippen LogP contribution in [0, 0.1) is 0 Å². The Morgan fingerprint density at radius 1 is 1.42 bits per heavy atom. The molecule has 0 amide bonds. The number of fused-ring (bicyclic) bond motifs is 5. The molecule has 1 aliphatic heterocycles. The van der Waals surface area contributed by atoms with Gasteiger partial charge in [-0.25, -0.2) is 0 Å². The van der Waals surface area contributed by atoms with Crippen molar-refractivity contribution < 1.29 is 10.0 Å². The van der Waals surface area contributed by atoms with Crippen LogP contribution in [0.2, 0.25) is 0 Å². The summed E-state index contributed by atoms with van der Waals surface area (Å²) in [6, 6.07) is 0. The summed E-state index contributed by atoms with van der Waals surface area (Å²) in [6.45, 7) is 6.55. The fourth-order valence-electron chi connectivity index (χ4n) is 3.44. The van der Waals surface area contributed by atoms with Crippen molar-refractivity contribution in [3.8, 4) is 0 Å². The minimum atomic E-state index is 0.169. The van der Waals surface area contributed by atoms with Gasteiger partial charge in [-0.05, 0) is 28.8 Å². The lowest BCUT2D eigenvalue weighted by molar-refractivity contribution is -0.915. The first-order valence-electron chi connectivity index (χ1n) is 8.52. The number of aliphatic hydroxyl groups excluding tert-OH is 1. The maximum absolute atomic E-state index is 9.03. The average Bonchev–Trinajstić information content (AvgIpc) is 3.18. The average molecular weight is 348 g/mol. The molecule has 3 aromatic rings. The van der Waals surface area contributed by atoms with E-state index in [1.807, 2.05) is 0 Å². The molecule has 0 aromatic carbocycles. The Kier molecular flexibility index (Phi) is 4.30.